The summed E-state index contributed by atoms with van der Waals surface area (Å²) in [6, 6.07) is 0.0228. The van der Waals surface area contributed by atoms with Gasteiger partial charge in [-0.15, -0.1) is 0 Å². The van der Waals surface area contributed by atoms with E-state index in [1.807, 2.05) is 27.9 Å². The maximum Gasteiger partial charge on any atom is 0.163 e. The van der Waals surface area contributed by atoms with E-state index < -0.39 is 0 Å². The second-order valence-corrected chi connectivity index (χ2v) is 6.60. The van der Waals surface area contributed by atoms with E-state index in [0.29, 0.717) is 11.7 Å². The minimum Gasteiger partial charge on any atom is -0.359 e. The van der Waals surface area contributed by atoms with Crippen LogP contribution in [0.25, 0.3) is 11.0 Å². The smallest absolute Gasteiger partial charge is 0.163 e. The third kappa shape index (κ3) is 2.95. The van der Waals surface area contributed by atoms with Crippen LogP contribution in [0.5, 0.6) is 0 Å². The van der Waals surface area contributed by atoms with Gasteiger partial charge in [0.25, 0.3) is 0 Å². The van der Waals surface area contributed by atoms with Crippen molar-refractivity contribution in [2.45, 2.75) is 40.2 Å². The second kappa shape index (κ2) is 6.18. The van der Waals surface area contributed by atoms with Crippen LogP contribution in [0.2, 0.25) is 0 Å². The molecule has 3 heterocycles. The van der Waals surface area contributed by atoms with Gasteiger partial charge in [0.1, 0.15) is 23.8 Å². The first-order valence-corrected chi connectivity index (χ1v) is 8.15. The molecule has 3 aromatic heterocycles. The van der Waals surface area contributed by atoms with Crippen LogP contribution in [-0.4, -0.2) is 34.5 Å². The molecule has 3 rings (SSSR count). The summed E-state index contributed by atoms with van der Waals surface area (Å²) in [5, 5.41) is 13.2. The van der Waals surface area contributed by atoms with E-state index in [1.165, 1.54) is 0 Å². The van der Waals surface area contributed by atoms with Crippen molar-refractivity contribution in [3.63, 3.8) is 0 Å². The monoisotopic (exact) mass is 328 g/mol. The van der Waals surface area contributed by atoms with Crippen LogP contribution in [0.1, 0.15) is 43.7 Å². The molecular weight excluding hydrogens is 304 g/mol. The fraction of sp³-hybridized carbons (Fsp3) is 0.562. The fourth-order valence-electron chi connectivity index (χ4n) is 3.04. The number of anilines is 1. The number of hydrogen-bond donors (Lipinski definition) is 1. The molecule has 0 fully saturated rings. The number of fused-ring (bicyclic) bond motifs is 1. The standard InChI is InChI=1S/C16H24N8/c1-9(2)7-12(15-17-8-18-23(15)5)21-14-13-10(3)22-24(6)16(13)20-11(4)19-14/h8-9,12H,7H2,1-6H3,(H,19,20,21)/t12-/m1/s1. The first-order valence-electron chi connectivity index (χ1n) is 8.15. The molecule has 24 heavy (non-hydrogen) atoms. The Balaban J connectivity index is 2.07. The van der Waals surface area contributed by atoms with Crippen molar-refractivity contribution in [3.8, 4) is 0 Å². The van der Waals surface area contributed by atoms with Crippen LogP contribution in [0.4, 0.5) is 5.82 Å². The van der Waals surface area contributed by atoms with Crippen molar-refractivity contribution in [2.75, 3.05) is 5.32 Å². The van der Waals surface area contributed by atoms with Crippen LogP contribution in [0.15, 0.2) is 6.33 Å². The molecular formula is C16H24N8. The number of aryl methyl sites for hydroxylation is 4. The molecule has 0 aromatic carbocycles. The molecule has 0 radical (unpaired) electrons. The van der Waals surface area contributed by atoms with Crippen LogP contribution < -0.4 is 5.32 Å². The van der Waals surface area contributed by atoms with E-state index in [0.717, 1.165) is 34.8 Å². The Morgan fingerprint density at radius 1 is 1.12 bits per heavy atom. The summed E-state index contributed by atoms with van der Waals surface area (Å²) in [6.45, 7) is 8.26. The maximum absolute atomic E-state index is 4.63. The first-order chi connectivity index (χ1) is 11.4. The average molecular weight is 328 g/mol. The number of hydrogen-bond acceptors (Lipinski definition) is 6. The zero-order valence-electron chi connectivity index (χ0n) is 15.1. The highest BCUT2D eigenvalue weighted by molar-refractivity contribution is 5.89. The molecule has 0 amide bonds. The highest BCUT2D eigenvalue weighted by Crippen LogP contribution is 2.29. The third-order valence-electron chi connectivity index (χ3n) is 4.05. The Morgan fingerprint density at radius 3 is 2.50 bits per heavy atom. The van der Waals surface area contributed by atoms with Gasteiger partial charge in [0.2, 0.25) is 0 Å². The average Bonchev–Trinajstić information content (AvgIpc) is 3.02. The van der Waals surface area contributed by atoms with Crippen molar-refractivity contribution in [3.05, 3.63) is 23.7 Å². The molecule has 8 nitrogen and oxygen atoms in total. The summed E-state index contributed by atoms with van der Waals surface area (Å²) in [4.78, 5) is 13.6. The van der Waals surface area contributed by atoms with E-state index in [4.69, 9.17) is 0 Å². The summed E-state index contributed by atoms with van der Waals surface area (Å²) in [6.07, 6.45) is 2.51. The number of aromatic nitrogens is 7. The Labute approximate surface area is 141 Å². The van der Waals surface area contributed by atoms with Gasteiger partial charge in [0, 0.05) is 14.1 Å². The Bertz CT molecular complexity index is 860. The minimum absolute atomic E-state index is 0.0228. The molecule has 0 saturated carbocycles. The molecule has 0 aliphatic carbocycles. The van der Waals surface area contributed by atoms with Crippen molar-refractivity contribution < 1.29 is 0 Å². The topological polar surface area (TPSA) is 86.3 Å². The van der Waals surface area contributed by atoms with E-state index in [9.17, 15) is 0 Å². The Hall–Kier alpha value is -2.51. The quantitative estimate of drug-likeness (QED) is 0.773. The Morgan fingerprint density at radius 2 is 1.88 bits per heavy atom. The summed E-state index contributed by atoms with van der Waals surface area (Å²) in [5.41, 5.74) is 1.75. The van der Waals surface area contributed by atoms with Crippen LogP contribution >= 0.6 is 0 Å². The van der Waals surface area contributed by atoms with Crippen molar-refractivity contribution in [1.82, 2.24) is 34.5 Å². The predicted octanol–water partition coefficient (Wildman–Crippen LogP) is 2.31. The van der Waals surface area contributed by atoms with Crippen molar-refractivity contribution in [2.24, 2.45) is 20.0 Å². The molecule has 0 spiro atoms. The molecule has 8 heteroatoms. The molecule has 1 atom stereocenters. The van der Waals surface area contributed by atoms with Gasteiger partial charge in [-0.05, 0) is 26.2 Å². The third-order valence-corrected chi connectivity index (χ3v) is 4.05. The SMILES string of the molecule is Cc1nc(N[C@H](CC(C)C)c2ncnn2C)c2c(C)nn(C)c2n1. The summed E-state index contributed by atoms with van der Waals surface area (Å²) >= 11 is 0. The number of rotatable bonds is 5. The molecule has 0 unspecified atom stereocenters. The lowest BCUT2D eigenvalue weighted by Crippen LogP contribution is -2.19. The second-order valence-electron chi connectivity index (χ2n) is 6.60. The predicted molar refractivity (Wildman–Crippen MR) is 92.6 cm³/mol. The van der Waals surface area contributed by atoms with Gasteiger partial charge in [-0.1, -0.05) is 13.8 Å². The molecule has 0 aliphatic heterocycles. The van der Waals surface area contributed by atoms with Crippen molar-refractivity contribution in [1.29, 1.82) is 0 Å². The van der Waals surface area contributed by atoms with Gasteiger partial charge < -0.3 is 5.32 Å². The van der Waals surface area contributed by atoms with Gasteiger partial charge in [-0.2, -0.15) is 10.2 Å². The van der Waals surface area contributed by atoms with E-state index >= 15 is 0 Å². The van der Waals surface area contributed by atoms with Gasteiger partial charge in [0.05, 0.1) is 17.1 Å². The van der Waals surface area contributed by atoms with E-state index in [2.05, 4.69) is 44.3 Å². The first kappa shape index (κ1) is 16.4. The van der Waals surface area contributed by atoms with E-state index in [-0.39, 0.29) is 6.04 Å². The highest BCUT2D eigenvalue weighted by atomic mass is 15.3. The molecule has 128 valence electrons. The molecule has 0 saturated heterocycles. The molecule has 0 bridgehead atoms. The zero-order valence-corrected chi connectivity index (χ0v) is 15.1. The van der Waals surface area contributed by atoms with Gasteiger partial charge >= 0.3 is 0 Å². The maximum atomic E-state index is 4.63. The Kier molecular flexibility index (Phi) is 4.21. The zero-order chi connectivity index (χ0) is 17.4. The summed E-state index contributed by atoms with van der Waals surface area (Å²) < 4.78 is 3.60. The van der Waals surface area contributed by atoms with E-state index in [1.54, 1.807) is 15.7 Å². The van der Waals surface area contributed by atoms with Crippen molar-refractivity contribution >= 4 is 16.9 Å². The van der Waals surface area contributed by atoms with Gasteiger partial charge in [-0.3, -0.25) is 9.36 Å². The molecule has 0 aliphatic rings. The minimum atomic E-state index is 0.0228. The number of nitrogens with one attached hydrogen (secondary N) is 1. The normalized spacial score (nSPS) is 13.0. The highest BCUT2D eigenvalue weighted by Gasteiger charge is 2.22. The lowest BCUT2D eigenvalue weighted by molar-refractivity contribution is 0.497. The number of nitrogens with zero attached hydrogens (tertiary/aromatic N) is 7. The van der Waals surface area contributed by atoms with Crippen LogP contribution in [-0.2, 0) is 14.1 Å². The summed E-state index contributed by atoms with van der Waals surface area (Å²) in [7, 11) is 3.81. The molecule has 3 aromatic rings. The van der Waals surface area contributed by atoms with Crippen LogP contribution in [0, 0.1) is 19.8 Å². The largest absolute Gasteiger partial charge is 0.359 e. The van der Waals surface area contributed by atoms with Gasteiger partial charge in [-0.25, -0.2) is 15.0 Å². The lowest BCUT2D eigenvalue weighted by Gasteiger charge is -2.21. The van der Waals surface area contributed by atoms with Crippen LogP contribution in [0.3, 0.4) is 0 Å². The fourth-order valence-corrected chi connectivity index (χ4v) is 3.04. The molecule has 1 N–H and O–H groups in total. The lowest BCUT2D eigenvalue weighted by atomic mass is 10.0. The van der Waals surface area contributed by atoms with Gasteiger partial charge in [0.15, 0.2) is 5.65 Å². The summed E-state index contributed by atoms with van der Waals surface area (Å²) in [5.74, 6) is 2.92.